The maximum absolute atomic E-state index is 9.71. The average molecular weight is 372 g/mol. The number of hydrogen-bond donors (Lipinski definition) is 2. The number of rotatable bonds is 3. The summed E-state index contributed by atoms with van der Waals surface area (Å²) < 4.78 is 1.97. The summed E-state index contributed by atoms with van der Waals surface area (Å²) in [5.41, 5.74) is 2.48. The summed E-state index contributed by atoms with van der Waals surface area (Å²) in [5, 5.41) is 13.0. The Hall–Kier alpha value is -1.07. The third-order valence-corrected chi connectivity index (χ3v) is 3.65. The highest BCUT2D eigenvalue weighted by atomic mass is 79.9. The van der Waals surface area contributed by atoms with Crippen molar-refractivity contribution in [1.82, 2.24) is 4.98 Å². The van der Waals surface area contributed by atoms with Crippen molar-refractivity contribution >= 4 is 37.5 Å². The van der Waals surface area contributed by atoms with Crippen LogP contribution in [0.5, 0.6) is 5.75 Å². The Morgan fingerprint density at radius 2 is 2.00 bits per heavy atom. The van der Waals surface area contributed by atoms with Crippen LogP contribution in [0.3, 0.4) is 0 Å². The maximum atomic E-state index is 9.71. The van der Waals surface area contributed by atoms with E-state index in [1.54, 1.807) is 12.1 Å². The molecule has 1 aromatic heterocycles. The zero-order chi connectivity index (χ0) is 13.1. The SMILES string of the molecule is Cc1ccc(O)c(CNc2cc(Br)ccc2Br)n1. The third kappa shape index (κ3) is 3.23. The summed E-state index contributed by atoms with van der Waals surface area (Å²) in [6.07, 6.45) is 0. The molecule has 2 rings (SSSR count). The van der Waals surface area contributed by atoms with E-state index in [4.69, 9.17) is 0 Å². The predicted octanol–water partition coefficient (Wildman–Crippen LogP) is 4.23. The molecule has 0 saturated carbocycles. The van der Waals surface area contributed by atoms with Gasteiger partial charge in [0.25, 0.3) is 0 Å². The highest BCUT2D eigenvalue weighted by molar-refractivity contribution is 9.11. The monoisotopic (exact) mass is 370 g/mol. The molecule has 0 unspecified atom stereocenters. The minimum atomic E-state index is 0.208. The third-order valence-electron chi connectivity index (χ3n) is 2.46. The molecule has 0 spiro atoms. The van der Waals surface area contributed by atoms with Crippen molar-refractivity contribution in [3.05, 3.63) is 50.7 Å². The van der Waals surface area contributed by atoms with Gasteiger partial charge in [0.1, 0.15) is 11.4 Å². The Morgan fingerprint density at radius 3 is 2.78 bits per heavy atom. The molecule has 1 heterocycles. The summed E-state index contributed by atoms with van der Waals surface area (Å²) in [5.74, 6) is 0.208. The molecule has 0 fully saturated rings. The van der Waals surface area contributed by atoms with Gasteiger partial charge in [-0.05, 0) is 53.2 Å². The molecule has 0 aliphatic rings. The van der Waals surface area contributed by atoms with Gasteiger partial charge in [-0.3, -0.25) is 4.98 Å². The zero-order valence-electron chi connectivity index (χ0n) is 9.74. The molecule has 18 heavy (non-hydrogen) atoms. The zero-order valence-corrected chi connectivity index (χ0v) is 12.9. The van der Waals surface area contributed by atoms with Crippen molar-refractivity contribution in [2.24, 2.45) is 0 Å². The second kappa shape index (κ2) is 5.71. The van der Waals surface area contributed by atoms with Gasteiger partial charge in [-0.2, -0.15) is 0 Å². The fourth-order valence-electron chi connectivity index (χ4n) is 1.55. The van der Waals surface area contributed by atoms with E-state index in [1.165, 1.54) is 0 Å². The van der Waals surface area contributed by atoms with Gasteiger partial charge >= 0.3 is 0 Å². The molecule has 0 atom stereocenters. The van der Waals surface area contributed by atoms with Gasteiger partial charge in [0.2, 0.25) is 0 Å². The minimum absolute atomic E-state index is 0.208. The summed E-state index contributed by atoms with van der Waals surface area (Å²) >= 11 is 6.89. The Morgan fingerprint density at radius 1 is 1.22 bits per heavy atom. The van der Waals surface area contributed by atoms with E-state index in [2.05, 4.69) is 42.2 Å². The van der Waals surface area contributed by atoms with Crippen molar-refractivity contribution in [2.45, 2.75) is 13.5 Å². The number of hydrogen-bond acceptors (Lipinski definition) is 3. The lowest BCUT2D eigenvalue weighted by atomic mass is 10.2. The quantitative estimate of drug-likeness (QED) is 0.848. The molecule has 2 N–H and O–H groups in total. The topological polar surface area (TPSA) is 45.1 Å². The molecule has 2 aromatic rings. The average Bonchev–Trinajstić information content (AvgIpc) is 2.34. The van der Waals surface area contributed by atoms with Gasteiger partial charge in [0.05, 0.1) is 6.54 Å². The standard InChI is InChI=1S/C13H12Br2N2O/c1-8-2-5-13(18)12(17-8)7-16-11-6-9(14)3-4-10(11)15/h2-6,16,18H,7H2,1H3. The number of benzene rings is 1. The number of aryl methyl sites for hydroxylation is 1. The fourth-order valence-corrected chi connectivity index (χ4v) is 2.29. The minimum Gasteiger partial charge on any atom is -0.506 e. The van der Waals surface area contributed by atoms with E-state index in [0.717, 1.165) is 20.3 Å². The van der Waals surface area contributed by atoms with Crippen LogP contribution >= 0.6 is 31.9 Å². The second-order valence-corrected chi connectivity index (χ2v) is 5.67. The number of aromatic nitrogens is 1. The molecule has 1 aromatic carbocycles. The predicted molar refractivity (Wildman–Crippen MR) is 79.8 cm³/mol. The summed E-state index contributed by atoms with van der Waals surface area (Å²) in [7, 11) is 0. The van der Waals surface area contributed by atoms with Crippen LogP contribution in [0, 0.1) is 6.92 Å². The van der Waals surface area contributed by atoms with Crippen LogP contribution in [0.25, 0.3) is 0 Å². The number of aromatic hydroxyl groups is 1. The Labute approximate surface area is 123 Å². The number of nitrogens with zero attached hydrogens (tertiary/aromatic N) is 1. The smallest absolute Gasteiger partial charge is 0.138 e. The van der Waals surface area contributed by atoms with Crippen LogP contribution in [0.2, 0.25) is 0 Å². The lowest BCUT2D eigenvalue weighted by molar-refractivity contribution is 0.464. The van der Waals surface area contributed by atoms with Crippen molar-refractivity contribution in [3.63, 3.8) is 0 Å². The maximum Gasteiger partial charge on any atom is 0.138 e. The van der Waals surface area contributed by atoms with Crippen molar-refractivity contribution in [3.8, 4) is 5.75 Å². The van der Waals surface area contributed by atoms with E-state index >= 15 is 0 Å². The Kier molecular flexibility index (Phi) is 4.24. The number of halogens is 2. The molecular weight excluding hydrogens is 360 g/mol. The van der Waals surface area contributed by atoms with Crippen LogP contribution in [0.4, 0.5) is 5.69 Å². The van der Waals surface area contributed by atoms with Crippen molar-refractivity contribution in [1.29, 1.82) is 0 Å². The summed E-state index contributed by atoms with van der Waals surface area (Å²) in [6, 6.07) is 9.33. The van der Waals surface area contributed by atoms with Gasteiger partial charge in [-0.1, -0.05) is 15.9 Å². The molecule has 3 nitrogen and oxygen atoms in total. The Balaban J connectivity index is 2.16. The molecule has 5 heteroatoms. The Bertz CT molecular complexity index is 521. The van der Waals surface area contributed by atoms with Gasteiger partial charge in [0.15, 0.2) is 0 Å². The van der Waals surface area contributed by atoms with Gasteiger partial charge in [-0.25, -0.2) is 0 Å². The van der Waals surface area contributed by atoms with Crippen molar-refractivity contribution < 1.29 is 5.11 Å². The molecular formula is C13H12Br2N2O. The van der Waals surface area contributed by atoms with Gasteiger partial charge < -0.3 is 10.4 Å². The summed E-state index contributed by atoms with van der Waals surface area (Å²) in [6.45, 7) is 2.38. The molecule has 0 bridgehead atoms. The van der Waals surface area contributed by atoms with Crippen LogP contribution < -0.4 is 5.32 Å². The van der Waals surface area contributed by atoms with Gasteiger partial charge in [0, 0.05) is 20.3 Å². The van der Waals surface area contributed by atoms with E-state index in [0.29, 0.717) is 12.2 Å². The lowest BCUT2D eigenvalue weighted by Crippen LogP contribution is -2.03. The van der Waals surface area contributed by atoms with Crippen LogP contribution in [-0.2, 0) is 6.54 Å². The number of nitrogens with one attached hydrogen (secondary N) is 1. The first-order valence-corrected chi connectivity index (χ1v) is 6.99. The first-order chi connectivity index (χ1) is 8.56. The van der Waals surface area contributed by atoms with Crippen molar-refractivity contribution in [2.75, 3.05) is 5.32 Å². The van der Waals surface area contributed by atoms with E-state index in [-0.39, 0.29) is 5.75 Å². The molecule has 0 saturated heterocycles. The highest BCUT2D eigenvalue weighted by Crippen LogP contribution is 2.27. The van der Waals surface area contributed by atoms with Gasteiger partial charge in [-0.15, -0.1) is 0 Å². The normalized spacial score (nSPS) is 10.4. The second-order valence-electron chi connectivity index (χ2n) is 3.90. The summed E-state index contributed by atoms with van der Waals surface area (Å²) in [4.78, 5) is 4.30. The molecule has 0 aliphatic carbocycles. The largest absolute Gasteiger partial charge is 0.506 e. The van der Waals surface area contributed by atoms with E-state index in [1.807, 2.05) is 25.1 Å². The number of pyridine rings is 1. The van der Waals surface area contributed by atoms with Crippen LogP contribution in [0.1, 0.15) is 11.4 Å². The molecule has 94 valence electrons. The first kappa shape index (κ1) is 13.4. The highest BCUT2D eigenvalue weighted by Gasteiger charge is 2.05. The molecule has 0 radical (unpaired) electrons. The van der Waals surface area contributed by atoms with E-state index < -0.39 is 0 Å². The lowest BCUT2D eigenvalue weighted by Gasteiger charge is -2.10. The van der Waals surface area contributed by atoms with E-state index in [9.17, 15) is 5.11 Å². The van der Waals surface area contributed by atoms with Crippen LogP contribution in [0.15, 0.2) is 39.3 Å². The molecule has 0 amide bonds. The fraction of sp³-hybridized carbons (Fsp3) is 0.154. The molecule has 0 aliphatic heterocycles. The number of anilines is 1. The first-order valence-electron chi connectivity index (χ1n) is 5.40. The van der Waals surface area contributed by atoms with Crippen LogP contribution in [-0.4, -0.2) is 10.1 Å².